The first-order valence-electron chi connectivity index (χ1n) is 9.76. The molecule has 1 heterocycles. The van der Waals surface area contributed by atoms with Gasteiger partial charge in [0.25, 0.3) is 0 Å². The summed E-state index contributed by atoms with van der Waals surface area (Å²) in [6.45, 7) is 7.41. The van der Waals surface area contributed by atoms with Crippen LogP contribution in [-0.2, 0) is 21.3 Å². The minimum absolute atomic E-state index is 0. The Kier molecular flexibility index (Phi) is 10.8. The summed E-state index contributed by atoms with van der Waals surface area (Å²) in [6, 6.07) is 6.90. The summed E-state index contributed by atoms with van der Waals surface area (Å²) in [5.74, 6) is 0.702. The fourth-order valence-corrected chi connectivity index (χ4v) is 4.09. The van der Waals surface area contributed by atoms with Crippen LogP contribution in [0, 0.1) is 0 Å². The van der Waals surface area contributed by atoms with Crippen molar-refractivity contribution in [3.63, 3.8) is 0 Å². The fraction of sp³-hybridized carbons (Fsp3) is 0.579. The van der Waals surface area contributed by atoms with Gasteiger partial charge >= 0.3 is 6.09 Å². The number of hydrogen-bond donors (Lipinski definition) is 1. The van der Waals surface area contributed by atoms with E-state index in [-0.39, 0.29) is 41.5 Å². The van der Waals surface area contributed by atoms with Gasteiger partial charge < -0.3 is 19.9 Å². The first-order valence-corrected chi connectivity index (χ1v) is 11.2. The standard InChI is InChI=1S/C19H31N5O4S.HI/c1-5-20-18(23-11-13-24(14-12-23)19(25)28-6-2)21-15-16-9-7-8-10-17(16)29(26,27)22(3)4;/h7-10H,5-6,11-15H2,1-4H3,(H,20,21);1H. The summed E-state index contributed by atoms with van der Waals surface area (Å²) in [7, 11) is -0.510. The number of nitrogens with zero attached hydrogens (tertiary/aromatic N) is 4. The van der Waals surface area contributed by atoms with Gasteiger partial charge in [0, 0.05) is 46.8 Å². The third-order valence-electron chi connectivity index (χ3n) is 4.57. The van der Waals surface area contributed by atoms with Crippen LogP contribution in [0.1, 0.15) is 19.4 Å². The van der Waals surface area contributed by atoms with Crippen molar-refractivity contribution in [2.75, 3.05) is 53.4 Å². The van der Waals surface area contributed by atoms with Crippen LogP contribution in [0.25, 0.3) is 0 Å². The molecule has 30 heavy (non-hydrogen) atoms. The Morgan fingerprint density at radius 3 is 2.30 bits per heavy atom. The van der Waals surface area contributed by atoms with Crippen molar-refractivity contribution in [2.24, 2.45) is 4.99 Å². The molecule has 1 aromatic carbocycles. The number of guanidine groups is 1. The zero-order valence-corrected chi connectivity index (χ0v) is 21.1. The molecular weight excluding hydrogens is 521 g/mol. The first kappa shape index (κ1) is 26.4. The number of ether oxygens (including phenoxy) is 1. The second-order valence-corrected chi connectivity index (χ2v) is 8.86. The second kappa shape index (κ2) is 12.3. The average Bonchev–Trinajstić information content (AvgIpc) is 2.71. The van der Waals surface area contributed by atoms with E-state index in [1.807, 2.05) is 13.0 Å². The number of sulfonamides is 1. The first-order chi connectivity index (χ1) is 13.8. The summed E-state index contributed by atoms with van der Waals surface area (Å²) in [4.78, 5) is 20.6. The Morgan fingerprint density at radius 2 is 1.73 bits per heavy atom. The monoisotopic (exact) mass is 553 g/mol. The molecule has 9 nitrogen and oxygen atoms in total. The lowest BCUT2D eigenvalue weighted by Crippen LogP contribution is -2.53. The van der Waals surface area contributed by atoms with Gasteiger partial charge in [-0.25, -0.2) is 22.5 Å². The zero-order valence-electron chi connectivity index (χ0n) is 18.0. The van der Waals surface area contributed by atoms with Crippen LogP contribution in [0.3, 0.4) is 0 Å². The molecule has 1 aliphatic rings. The summed E-state index contributed by atoms with van der Waals surface area (Å²) < 4.78 is 31.4. The maximum atomic E-state index is 12.6. The summed E-state index contributed by atoms with van der Waals surface area (Å²) in [6.07, 6.45) is -0.295. The number of halogens is 1. The maximum Gasteiger partial charge on any atom is 0.409 e. The van der Waals surface area contributed by atoms with E-state index in [1.165, 1.54) is 18.4 Å². The number of carbonyl (C=O) groups excluding carboxylic acids is 1. The summed E-state index contributed by atoms with van der Waals surface area (Å²) in [5, 5.41) is 3.25. The highest BCUT2D eigenvalue weighted by Gasteiger charge is 2.24. The smallest absolute Gasteiger partial charge is 0.409 e. The molecule has 170 valence electrons. The van der Waals surface area contributed by atoms with Gasteiger partial charge in [0.15, 0.2) is 5.96 Å². The highest BCUT2D eigenvalue weighted by Crippen LogP contribution is 2.19. The van der Waals surface area contributed by atoms with E-state index in [2.05, 4.69) is 15.2 Å². The van der Waals surface area contributed by atoms with Crippen LogP contribution in [0.15, 0.2) is 34.2 Å². The Balaban J connectivity index is 0.00000450. The van der Waals surface area contributed by atoms with Crippen molar-refractivity contribution >= 4 is 46.1 Å². The Labute approximate surface area is 196 Å². The molecule has 0 radical (unpaired) electrons. The van der Waals surface area contributed by atoms with E-state index >= 15 is 0 Å². The molecule has 0 aromatic heterocycles. The summed E-state index contributed by atoms with van der Waals surface area (Å²) >= 11 is 0. The molecule has 0 saturated carbocycles. The number of nitrogens with one attached hydrogen (secondary N) is 1. The average molecular weight is 553 g/mol. The van der Waals surface area contributed by atoms with Crippen LogP contribution in [0.4, 0.5) is 4.79 Å². The van der Waals surface area contributed by atoms with Crippen molar-refractivity contribution in [1.29, 1.82) is 0 Å². The Bertz CT molecular complexity index is 824. The van der Waals surface area contributed by atoms with E-state index in [4.69, 9.17) is 4.74 Å². The third-order valence-corrected chi connectivity index (χ3v) is 6.49. The number of rotatable bonds is 6. The van der Waals surface area contributed by atoms with E-state index < -0.39 is 10.0 Å². The van der Waals surface area contributed by atoms with Gasteiger partial charge in [0.1, 0.15) is 0 Å². The molecule has 1 fully saturated rings. The van der Waals surface area contributed by atoms with Gasteiger partial charge in [0.2, 0.25) is 10.0 Å². The Morgan fingerprint density at radius 1 is 1.13 bits per heavy atom. The van der Waals surface area contributed by atoms with E-state index in [1.54, 1.807) is 30.0 Å². The largest absolute Gasteiger partial charge is 0.450 e. The molecule has 1 saturated heterocycles. The van der Waals surface area contributed by atoms with Crippen molar-refractivity contribution < 1.29 is 17.9 Å². The normalized spacial score (nSPS) is 15.0. The number of aliphatic imine (C=N–C) groups is 1. The second-order valence-electron chi connectivity index (χ2n) is 6.74. The molecule has 0 spiro atoms. The number of piperazine rings is 1. The van der Waals surface area contributed by atoms with E-state index in [0.717, 1.165) is 0 Å². The summed E-state index contributed by atoms with van der Waals surface area (Å²) in [5.41, 5.74) is 0.641. The highest BCUT2D eigenvalue weighted by molar-refractivity contribution is 14.0. The number of amides is 1. The molecule has 2 rings (SSSR count). The van der Waals surface area contributed by atoms with Gasteiger partial charge in [-0.2, -0.15) is 0 Å². The lowest BCUT2D eigenvalue weighted by Gasteiger charge is -2.35. The number of hydrogen-bond acceptors (Lipinski definition) is 5. The minimum Gasteiger partial charge on any atom is -0.450 e. The quantitative estimate of drug-likeness (QED) is 0.328. The maximum absolute atomic E-state index is 12.6. The van der Waals surface area contributed by atoms with Crippen LogP contribution >= 0.6 is 24.0 Å². The molecule has 0 aliphatic carbocycles. The van der Waals surface area contributed by atoms with Gasteiger partial charge in [-0.1, -0.05) is 18.2 Å². The number of benzene rings is 1. The topological polar surface area (TPSA) is 94.5 Å². The minimum atomic E-state index is -3.54. The molecular formula is C19H32IN5O4S. The van der Waals surface area contributed by atoms with Gasteiger partial charge in [0.05, 0.1) is 18.0 Å². The highest BCUT2D eigenvalue weighted by atomic mass is 127. The molecule has 1 aromatic rings. The van der Waals surface area contributed by atoms with Crippen LogP contribution in [0.2, 0.25) is 0 Å². The lowest BCUT2D eigenvalue weighted by atomic mass is 10.2. The van der Waals surface area contributed by atoms with E-state index in [0.29, 0.717) is 50.9 Å². The van der Waals surface area contributed by atoms with Gasteiger partial charge in [-0.3, -0.25) is 0 Å². The van der Waals surface area contributed by atoms with E-state index in [9.17, 15) is 13.2 Å². The predicted octanol–water partition coefficient (Wildman–Crippen LogP) is 1.79. The SMILES string of the molecule is CCNC(=NCc1ccccc1S(=O)(=O)N(C)C)N1CCN(C(=O)OCC)CC1.I. The fourth-order valence-electron chi connectivity index (χ4n) is 2.98. The van der Waals surface area contributed by atoms with Crippen LogP contribution in [-0.4, -0.2) is 88.0 Å². The van der Waals surface area contributed by atoms with Crippen molar-refractivity contribution in [1.82, 2.24) is 19.4 Å². The third kappa shape index (κ3) is 6.71. The number of carbonyl (C=O) groups is 1. The predicted molar refractivity (Wildman–Crippen MR) is 128 cm³/mol. The van der Waals surface area contributed by atoms with Gasteiger partial charge in [-0.05, 0) is 25.5 Å². The van der Waals surface area contributed by atoms with Gasteiger partial charge in [-0.15, -0.1) is 24.0 Å². The van der Waals surface area contributed by atoms with Crippen LogP contribution in [0.5, 0.6) is 0 Å². The van der Waals surface area contributed by atoms with Crippen molar-refractivity contribution in [2.45, 2.75) is 25.3 Å². The molecule has 0 unspecified atom stereocenters. The van der Waals surface area contributed by atoms with Crippen LogP contribution < -0.4 is 5.32 Å². The molecule has 0 bridgehead atoms. The van der Waals surface area contributed by atoms with Crippen molar-refractivity contribution in [3.05, 3.63) is 29.8 Å². The zero-order chi connectivity index (χ0) is 21.4. The molecule has 1 N–H and O–H groups in total. The molecule has 1 amide bonds. The molecule has 0 atom stereocenters. The Hall–Kier alpha value is -1.60. The molecule has 1 aliphatic heterocycles. The molecule has 11 heteroatoms. The lowest BCUT2D eigenvalue weighted by molar-refractivity contribution is 0.0914. The van der Waals surface area contributed by atoms with Crippen molar-refractivity contribution in [3.8, 4) is 0 Å².